The van der Waals surface area contributed by atoms with Crippen LogP contribution in [0.15, 0.2) is 18.2 Å². The van der Waals surface area contributed by atoms with E-state index in [0.717, 1.165) is 0 Å². The second-order valence-electron chi connectivity index (χ2n) is 3.93. The summed E-state index contributed by atoms with van der Waals surface area (Å²) in [4.78, 5) is 11.7. The molecular weight excluding hydrogens is 309 g/mol. The molecule has 114 valence electrons. The number of ether oxygens (including phenoxy) is 2. The highest BCUT2D eigenvalue weighted by Crippen LogP contribution is 2.24. The lowest BCUT2D eigenvalue weighted by atomic mass is 9.96. The number of esters is 1. The Kier molecular flexibility index (Phi) is 5.29. The molecule has 0 saturated heterocycles. The average Bonchev–Trinajstić information content (AvgIpc) is 2.42. The van der Waals surface area contributed by atoms with Gasteiger partial charge in [0, 0.05) is 0 Å². The summed E-state index contributed by atoms with van der Waals surface area (Å²) in [6, 6.07) is 4.12. The van der Waals surface area contributed by atoms with Gasteiger partial charge in [-0.05, 0) is 12.1 Å². The Morgan fingerprint density at radius 1 is 1.43 bits per heavy atom. The Morgan fingerprint density at radius 2 is 2.05 bits per heavy atom. The first-order valence-electron chi connectivity index (χ1n) is 5.51. The number of carbonyl (C=O) groups is 1. The van der Waals surface area contributed by atoms with Crippen LogP contribution in [0.1, 0.15) is 15.9 Å². The molecule has 0 bridgehead atoms. The van der Waals surface area contributed by atoms with E-state index < -0.39 is 27.9 Å². The lowest BCUT2D eigenvalue weighted by Crippen LogP contribution is -2.34. The van der Waals surface area contributed by atoms with Crippen molar-refractivity contribution in [2.45, 2.75) is 11.6 Å². The third-order valence-corrected chi connectivity index (χ3v) is 3.34. The maximum Gasteiger partial charge on any atom is 0.402 e. The summed E-state index contributed by atoms with van der Waals surface area (Å²) in [5.41, 5.74) is 0.451. The first-order chi connectivity index (χ1) is 9.62. The van der Waals surface area contributed by atoms with Crippen molar-refractivity contribution in [3.8, 4) is 5.75 Å². The summed E-state index contributed by atoms with van der Waals surface area (Å²) in [6.45, 7) is -1.81. The van der Waals surface area contributed by atoms with Crippen LogP contribution in [-0.4, -0.2) is 45.8 Å². The summed E-state index contributed by atoms with van der Waals surface area (Å²) in [5.74, 6) is -1.18. The van der Waals surface area contributed by atoms with Crippen LogP contribution in [0.5, 0.6) is 5.75 Å². The molecule has 0 aliphatic heterocycles. The van der Waals surface area contributed by atoms with Crippen molar-refractivity contribution in [2.24, 2.45) is 0 Å². The highest BCUT2D eigenvalue weighted by molar-refractivity contribution is 7.86. The predicted molar refractivity (Wildman–Crippen MR) is 69.2 cm³/mol. The summed E-state index contributed by atoms with van der Waals surface area (Å²) in [5, 5.41) is -4.59. The molecule has 0 amide bonds. The lowest BCUT2D eigenvalue weighted by molar-refractivity contribution is -0.00967. The molecule has 0 aliphatic carbocycles. The Labute approximate surface area is 121 Å². The van der Waals surface area contributed by atoms with Crippen molar-refractivity contribution in [1.29, 1.82) is 0 Å². The van der Waals surface area contributed by atoms with Gasteiger partial charge in [-0.25, -0.2) is 4.79 Å². The van der Waals surface area contributed by atoms with Gasteiger partial charge in [-0.1, -0.05) is 17.9 Å². The fourth-order valence-electron chi connectivity index (χ4n) is 1.33. The molecule has 1 rings (SSSR count). The topological polar surface area (TPSA) is 89.9 Å². The van der Waals surface area contributed by atoms with Crippen LogP contribution in [0.4, 0.5) is 8.78 Å². The molecule has 0 unspecified atom stereocenters. The maximum absolute atomic E-state index is 12.9. The minimum absolute atomic E-state index is 0.0399. The zero-order valence-corrected chi connectivity index (χ0v) is 11.7. The van der Waals surface area contributed by atoms with Crippen molar-refractivity contribution in [3.05, 3.63) is 29.3 Å². The largest absolute Gasteiger partial charge is 0.496 e. The first-order valence-corrected chi connectivity index (χ1v) is 6.95. The average molecular weight is 320 g/mol. The molecule has 0 heterocycles. The Balaban J connectivity index is 2.91. The standard InChI is InChI=1S/C11H11BF2O6S/c1-19-9-4-7(5-12)2-3-8(9)10(15)20-6-11(13,14)21(16,17)18/h2-4H,5-6H2,1H3,(H,16,17,18). The van der Waals surface area contributed by atoms with Gasteiger partial charge >= 0.3 is 21.3 Å². The van der Waals surface area contributed by atoms with E-state index in [9.17, 15) is 22.0 Å². The van der Waals surface area contributed by atoms with Crippen molar-refractivity contribution >= 4 is 23.9 Å². The molecular formula is C11H11BF2O6S. The zero-order chi connectivity index (χ0) is 16.3. The van der Waals surface area contributed by atoms with Crippen LogP contribution in [0.2, 0.25) is 0 Å². The number of carbonyl (C=O) groups excluding carboxylic acids is 1. The minimum Gasteiger partial charge on any atom is -0.496 e. The van der Waals surface area contributed by atoms with E-state index in [1.54, 1.807) is 0 Å². The van der Waals surface area contributed by atoms with Crippen LogP contribution < -0.4 is 4.74 Å². The molecule has 1 aromatic carbocycles. The molecule has 1 N–H and O–H groups in total. The van der Waals surface area contributed by atoms with E-state index in [1.165, 1.54) is 25.3 Å². The minimum atomic E-state index is -5.66. The van der Waals surface area contributed by atoms with Gasteiger partial charge in [-0.15, -0.1) is 0 Å². The monoisotopic (exact) mass is 320 g/mol. The lowest BCUT2D eigenvalue weighted by Gasteiger charge is -2.14. The maximum atomic E-state index is 12.9. The van der Waals surface area contributed by atoms with Crippen molar-refractivity contribution < 1.29 is 36.0 Å². The van der Waals surface area contributed by atoms with Crippen LogP contribution in [0, 0.1) is 0 Å². The highest BCUT2D eigenvalue weighted by atomic mass is 32.2. The zero-order valence-electron chi connectivity index (χ0n) is 10.9. The molecule has 1 aromatic rings. The van der Waals surface area contributed by atoms with Gasteiger partial charge in [0.25, 0.3) is 0 Å². The van der Waals surface area contributed by atoms with Crippen LogP contribution in [0.25, 0.3) is 0 Å². The SMILES string of the molecule is [B]Cc1ccc(C(=O)OCC(F)(F)S(=O)(=O)O)c(OC)c1. The van der Waals surface area contributed by atoms with E-state index in [-0.39, 0.29) is 17.6 Å². The molecule has 0 atom stereocenters. The predicted octanol–water partition coefficient (Wildman–Crippen LogP) is 1.00. The number of methoxy groups -OCH3 is 1. The van der Waals surface area contributed by atoms with Gasteiger partial charge in [0.05, 0.1) is 15.0 Å². The second-order valence-corrected chi connectivity index (χ2v) is 5.47. The Morgan fingerprint density at radius 3 is 2.52 bits per heavy atom. The molecule has 2 radical (unpaired) electrons. The highest BCUT2D eigenvalue weighted by Gasteiger charge is 2.45. The van der Waals surface area contributed by atoms with Gasteiger partial charge in [-0.3, -0.25) is 4.55 Å². The summed E-state index contributed by atoms with van der Waals surface area (Å²) in [7, 11) is 0.982. The first kappa shape index (κ1) is 17.4. The molecule has 6 nitrogen and oxygen atoms in total. The van der Waals surface area contributed by atoms with Gasteiger partial charge in [0.15, 0.2) is 6.61 Å². The quantitative estimate of drug-likeness (QED) is 0.478. The molecule has 0 spiro atoms. The third kappa shape index (κ3) is 4.15. The second kappa shape index (κ2) is 6.40. The van der Waals surface area contributed by atoms with Crippen molar-refractivity contribution in [2.75, 3.05) is 13.7 Å². The fourth-order valence-corrected chi connectivity index (χ4v) is 1.54. The van der Waals surface area contributed by atoms with Gasteiger partial charge < -0.3 is 9.47 Å². The van der Waals surface area contributed by atoms with Gasteiger partial charge in [0.2, 0.25) is 0 Å². The molecule has 10 heteroatoms. The Hall–Kier alpha value is -1.68. The third-order valence-electron chi connectivity index (χ3n) is 2.47. The number of hydrogen-bond donors (Lipinski definition) is 1. The normalized spacial score (nSPS) is 12.0. The number of hydrogen-bond acceptors (Lipinski definition) is 5. The van der Waals surface area contributed by atoms with Crippen molar-refractivity contribution in [3.63, 3.8) is 0 Å². The van der Waals surface area contributed by atoms with E-state index in [2.05, 4.69) is 4.74 Å². The number of rotatable bonds is 6. The Bertz CT molecular complexity index is 632. The summed E-state index contributed by atoms with van der Waals surface area (Å²) >= 11 is 0. The molecule has 21 heavy (non-hydrogen) atoms. The molecule has 0 aliphatic rings. The van der Waals surface area contributed by atoms with E-state index in [0.29, 0.717) is 5.56 Å². The molecule has 0 fully saturated rings. The molecule has 0 aromatic heterocycles. The smallest absolute Gasteiger partial charge is 0.402 e. The molecule has 0 saturated carbocycles. The summed E-state index contributed by atoms with van der Waals surface area (Å²) in [6.07, 6.45) is 0.173. The van der Waals surface area contributed by atoms with Crippen LogP contribution in [0.3, 0.4) is 0 Å². The summed E-state index contributed by atoms with van der Waals surface area (Å²) < 4.78 is 64.0. The number of alkyl halides is 2. The van der Waals surface area contributed by atoms with E-state index in [1.807, 2.05) is 0 Å². The number of halogens is 2. The van der Waals surface area contributed by atoms with Crippen LogP contribution >= 0.6 is 0 Å². The van der Waals surface area contributed by atoms with E-state index >= 15 is 0 Å². The number of benzene rings is 1. The van der Waals surface area contributed by atoms with Gasteiger partial charge in [0.1, 0.15) is 11.3 Å². The fraction of sp³-hybridized carbons (Fsp3) is 0.364. The van der Waals surface area contributed by atoms with E-state index in [4.69, 9.17) is 17.1 Å². The van der Waals surface area contributed by atoms with Crippen LogP contribution in [-0.2, 0) is 21.2 Å². The van der Waals surface area contributed by atoms with Gasteiger partial charge in [-0.2, -0.15) is 17.2 Å². The van der Waals surface area contributed by atoms with Crippen molar-refractivity contribution in [1.82, 2.24) is 0 Å².